The number of benzene rings is 7. The number of para-hydroxylation sites is 2. The van der Waals surface area contributed by atoms with Crippen LogP contribution in [0, 0.1) is 0 Å². The molecule has 4 aliphatic heterocycles. The molecule has 1 fully saturated rings. The van der Waals surface area contributed by atoms with Gasteiger partial charge in [-0.2, -0.15) is 0 Å². The van der Waals surface area contributed by atoms with Crippen LogP contribution in [-0.4, -0.2) is 16.8 Å². The molecule has 5 heterocycles. The average Bonchev–Trinajstić information content (AvgIpc) is 3.86. The number of aromatic nitrogens is 1. The van der Waals surface area contributed by atoms with Gasteiger partial charge in [-0.3, -0.25) is 0 Å². The van der Waals surface area contributed by atoms with Crippen molar-refractivity contribution in [2.75, 3.05) is 9.80 Å². The number of rotatable bonds is 2. The molecule has 0 saturated heterocycles. The molecule has 67 heavy (non-hydrogen) atoms. The number of fused-ring (bicyclic) bond motifs is 15. The first kappa shape index (κ1) is 40.1. The highest BCUT2D eigenvalue weighted by Crippen LogP contribution is 2.67. The summed E-state index contributed by atoms with van der Waals surface area (Å²) in [5.41, 5.74) is 23.3. The highest BCUT2D eigenvalue weighted by atomic mass is 15.3. The number of nitrogens with zero attached hydrogens (tertiary/aromatic N) is 3. The fourth-order valence-corrected chi connectivity index (χ4v) is 15.5. The predicted molar refractivity (Wildman–Crippen MR) is 284 cm³/mol. The Bertz CT molecular complexity index is 3470. The molecule has 1 saturated carbocycles. The quantitative estimate of drug-likeness (QED) is 0.160. The van der Waals surface area contributed by atoms with Crippen LogP contribution in [0.1, 0.15) is 133 Å². The molecule has 1 aromatic heterocycles. The lowest BCUT2D eigenvalue weighted by Gasteiger charge is -2.54. The van der Waals surface area contributed by atoms with Crippen LogP contribution in [0.3, 0.4) is 0 Å². The van der Waals surface area contributed by atoms with E-state index in [-0.39, 0.29) is 39.5 Å². The zero-order valence-corrected chi connectivity index (χ0v) is 40.9. The normalized spacial score (nSPS) is 25.2. The van der Waals surface area contributed by atoms with Crippen LogP contribution in [-0.2, 0) is 33.6 Å². The van der Waals surface area contributed by atoms with Gasteiger partial charge in [0.1, 0.15) is 0 Å². The smallest absolute Gasteiger partial charge is 0.252 e. The Kier molecular flexibility index (Phi) is 7.63. The zero-order valence-electron chi connectivity index (χ0n) is 40.9. The van der Waals surface area contributed by atoms with Crippen LogP contribution in [0.5, 0.6) is 0 Å². The van der Waals surface area contributed by atoms with Gasteiger partial charge in [-0.05, 0) is 142 Å². The van der Waals surface area contributed by atoms with Crippen LogP contribution < -0.4 is 26.2 Å². The topological polar surface area (TPSA) is 11.4 Å². The van der Waals surface area contributed by atoms with E-state index >= 15 is 0 Å². The summed E-state index contributed by atoms with van der Waals surface area (Å²) in [5.74, 6) is 0. The summed E-state index contributed by atoms with van der Waals surface area (Å²) in [4.78, 5) is 5.76. The van der Waals surface area contributed by atoms with Crippen molar-refractivity contribution >= 4 is 67.7 Å². The van der Waals surface area contributed by atoms with E-state index < -0.39 is 0 Å². The van der Waals surface area contributed by atoms with Gasteiger partial charge >= 0.3 is 0 Å². The van der Waals surface area contributed by atoms with Gasteiger partial charge in [0.2, 0.25) is 0 Å². The molecule has 8 aromatic rings. The van der Waals surface area contributed by atoms with Crippen molar-refractivity contribution in [3.63, 3.8) is 0 Å². The summed E-state index contributed by atoms with van der Waals surface area (Å²) >= 11 is 0. The molecule has 0 spiro atoms. The molecule has 0 amide bonds. The summed E-state index contributed by atoms with van der Waals surface area (Å²) in [5, 5.41) is 2.74. The first-order valence-electron chi connectivity index (χ1n) is 25.4. The largest absolute Gasteiger partial charge is 0.334 e. The van der Waals surface area contributed by atoms with Crippen molar-refractivity contribution in [2.24, 2.45) is 0 Å². The second-order valence-corrected chi connectivity index (χ2v) is 24.1. The molecule has 3 nitrogen and oxygen atoms in total. The molecule has 4 heteroatoms. The number of aryl methyl sites for hydroxylation is 1. The van der Waals surface area contributed by atoms with E-state index in [1.807, 2.05) is 0 Å². The minimum atomic E-state index is -0.313. The molecule has 0 bridgehead atoms. The Morgan fingerprint density at radius 1 is 0.537 bits per heavy atom. The number of anilines is 4. The van der Waals surface area contributed by atoms with E-state index in [0.29, 0.717) is 0 Å². The Morgan fingerprint density at radius 2 is 1.22 bits per heavy atom. The summed E-state index contributed by atoms with van der Waals surface area (Å²) in [6.45, 7) is 22.2. The summed E-state index contributed by atoms with van der Waals surface area (Å²) in [6, 6.07) is 55.9. The minimum absolute atomic E-state index is 0.0199. The molecular formula is C63H62BN3. The third kappa shape index (κ3) is 4.67. The lowest BCUT2D eigenvalue weighted by atomic mass is 9.33. The lowest BCUT2D eigenvalue weighted by molar-refractivity contribution is 0.215. The molecule has 7 aromatic carbocycles. The van der Waals surface area contributed by atoms with Crippen molar-refractivity contribution in [3.8, 4) is 5.69 Å². The summed E-state index contributed by atoms with van der Waals surface area (Å²) < 4.78 is 2.73. The summed E-state index contributed by atoms with van der Waals surface area (Å²) in [6.07, 6.45) is 6.91. The van der Waals surface area contributed by atoms with Gasteiger partial charge in [-0.25, -0.2) is 0 Å². The van der Waals surface area contributed by atoms with E-state index in [1.165, 1.54) is 118 Å². The second-order valence-electron chi connectivity index (χ2n) is 24.1. The average molecular weight is 872 g/mol. The van der Waals surface area contributed by atoms with Crippen LogP contribution in [0.4, 0.5) is 22.7 Å². The van der Waals surface area contributed by atoms with E-state index in [4.69, 9.17) is 0 Å². The number of hydrogen-bond acceptors (Lipinski definition) is 2. The molecule has 4 unspecified atom stereocenters. The standard InChI is InChI=1S/C63H62BN3/c1-58(2,3)41-28-29-51-44(34-41)45-35-42(59(4,5)6)36-50-56(45)65(51)53-37-43(66-52-27-16-15-24-47(52)63(40-21-11-10-12-22-40)32-18-17-31-61(63,66)8)38-54-55(53)64(50)49-26-19-25-48-57(49)67(54)62(9)46-23-14-13-20-39(46)30-33-60(48,62)7/h10-16,19-29,34-38H,17-18,30-33H2,1-9H3. The molecule has 0 N–H and O–H groups in total. The Labute approximate surface area is 397 Å². The fraction of sp³-hybridized carbons (Fsp3) is 0.333. The van der Waals surface area contributed by atoms with Gasteiger partial charge in [0.05, 0.1) is 16.6 Å². The molecule has 4 atom stereocenters. The third-order valence-electron chi connectivity index (χ3n) is 19.0. The van der Waals surface area contributed by atoms with Crippen molar-refractivity contribution in [2.45, 2.75) is 134 Å². The summed E-state index contributed by atoms with van der Waals surface area (Å²) in [7, 11) is 0. The van der Waals surface area contributed by atoms with Crippen LogP contribution in [0.15, 0.2) is 140 Å². The van der Waals surface area contributed by atoms with Gasteiger partial charge in [-0.1, -0.05) is 164 Å². The maximum Gasteiger partial charge on any atom is 0.252 e. The van der Waals surface area contributed by atoms with Crippen LogP contribution in [0.25, 0.3) is 27.5 Å². The lowest BCUT2D eigenvalue weighted by Crippen LogP contribution is -2.63. The monoisotopic (exact) mass is 872 g/mol. The molecule has 2 aliphatic carbocycles. The van der Waals surface area contributed by atoms with E-state index in [1.54, 1.807) is 0 Å². The fourth-order valence-electron chi connectivity index (χ4n) is 15.5. The Morgan fingerprint density at radius 3 is 2.01 bits per heavy atom. The predicted octanol–water partition coefficient (Wildman–Crippen LogP) is 13.6. The van der Waals surface area contributed by atoms with Crippen molar-refractivity contribution in [1.29, 1.82) is 0 Å². The highest BCUT2D eigenvalue weighted by Gasteiger charge is 2.64. The highest BCUT2D eigenvalue weighted by molar-refractivity contribution is 7.00. The van der Waals surface area contributed by atoms with Crippen LogP contribution >= 0.6 is 0 Å². The van der Waals surface area contributed by atoms with Crippen molar-refractivity contribution < 1.29 is 0 Å². The molecule has 0 radical (unpaired) electrons. The van der Waals surface area contributed by atoms with E-state index in [0.717, 1.165) is 25.7 Å². The van der Waals surface area contributed by atoms with Gasteiger partial charge in [0.15, 0.2) is 0 Å². The minimum Gasteiger partial charge on any atom is -0.334 e. The number of hydrogen-bond donors (Lipinski definition) is 0. The van der Waals surface area contributed by atoms with Crippen LogP contribution in [0.2, 0.25) is 0 Å². The molecule has 6 aliphatic rings. The SMILES string of the molecule is CC(C)(C)c1ccc2c(c1)c1cc(C(C)(C)C)cc3c1n2-c1cc(N2c4ccccc4C4(c5ccccc5)CCCCC24C)cc2c1B3c1cccc3c1N2C1(C)c2ccccc2CCC31C. The van der Waals surface area contributed by atoms with Crippen molar-refractivity contribution in [1.82, 2.24) is 4.57 Å². The first-order chi connectivity index (χ1) is 32.1. The van der Waals surface area contributed by atoms with Gasteiger partial charge in [0, 0.05) is 55.6 Å². The Balaban J connectivity index is 1.16. The van der Waals surface area contributed by atoms with E-state index in [2.05, 4.69) is 216 Å². The van der Waals surface area contributed by atoms with Gasteiger partial charge in [-0.15, -0.1) is 0 Å². The molecule has 332 valence electrons. The molecule has 14 rings (SSSR count). The first-order valence-corrected chi connectivity index (χ1v) is 25.4. The van der Waals surface area contributed by atoms with Gasteiger partial charge < -0.3 is 14.4 Å². The Hall–Kier alpha value is -6.00. The van der Waals surface area contributed by atoms with Crippen molar-refractivity contribution in [3.05, 3.63) is 178 Å². The van der Waals surface area contributed by atoms with E-state index in [9.17, 15) is 0 Å². The maximum absolute atomic E-state index is 2.91. The zero-order chi connectivity index (χ0) is 45.8. The molecular weight excluding hydrogens is 810 g/mol. The third-order valence-corrected chi connectivity index (χ3v) is 19.0. The van der Waals surface area contributed by atoms with Gasteiger partial charge in [0.25, 0.3) is 6.71 Å². The second kappa shape index (κ2) is 12.8. The maximum atomic E-state index is 2.91.